The highest BCUT2D eigenvalue weighted by Crippen LogP contribution is 2.17. The third-order valence-electron chi connectivity index (χ3n) is 2.98. The molecule has 16 heavy (non-hydrogen) atoms. The van der Waals surface area contributed by atoms with E-state index in [9.17, 15) is 0 Å². The second-order valence-electron chi connectivity index (χ2n) is 4.17. The Morgan fingerprint density at radius 3 is 2.50 bits per heavy atom. The predicted molar refractivity (Wildman–Crippen MR) is 67.8 cm³/mol. The monoisotopic (exact) mass is 218 g/mol. The van der Waals surface area contributed by atoms with Crippen LogP contribution < -0.4 is 4.90 Å². The van der Waals surface area contributed by atoms with Gasteiger partial charge in [0.05, 0.1) is 13.2 Å². The van der Waals surface area contributed by atoms with Gasteiger partial charge >= 0.3 is 0 Å². The number of morpholine rings is 1. The first kappa shape index (κ1) is 11.5. The van der Waals surface area contributed by atoms with Gasteiger partial charge in [-0.25, -0.2) is 0 Å². The van der Waals surface area contributed by atoms with E-state index in [-0.39, 0.29) is 0 Å². The van der Waals surface area contributed by atoms with Crippen LogP contribution in [-0.2, 0) is 11.2 Å². The first-order valence-corrected chi connectivity index (χ1v) is 6.13. The first-order chi connectivity index (χ1) is 7.90. The van der Waals surface area contributed by atoms with Gasteiger partial charge in [-0.2, -0.15) is 0 Å². The van der Waals surface area contributed by atoms with Crippen LogP contribution in [0.1, 0.15) is 18.9 Å². The van der Waals surface area contributed by atoms with Crippen LogP contribution in [0.2, 0.25) is 0 Å². The number of anilines is 1. The molecule has 0 unspecified atom stereocenters. The molecule has 2 heteroatoms. The molecule has 1 aromatic carbocycles. The maximum atomic E-state index is 5.35. The number of benzene rings is 1. The van der Waals surface area contributed by atoms with Crippen molar-refractivity contribution in [2.24, 2.45) is 0 Å². The SMILES string of the molecule is CC[CH]Cc1ccc(N2CCOCC2)cc1. The third-order valence-corrected chi connectivity index (χ3v) is 2.98. The average Bonchev–Trinajstić information content (AvgIpc) is 2.38. The van der Waals surface area contributed by atoms with Gasteiger partial charge in [-0.3, -0.25) is 0 Å². The van der Waals surface area contributed by atoms with Crippen LogP contribution in [0.4, 0.5) is 5.69 Å². The van der Waals surface area contributed by atoms with Crippen molar-refractivity contribution in [3.8, 4) is 0 Å². The van der Waals surface area contributed by atoms with Crippen molar-refractivity contribution >= 4 is 5.69 Å². The average molecular weight is 218 g/mol. The van der Waals surface area contributed by atoms with Crippen molar-refractivity contribution in [1.29, 1.82) is 0 Å². The molecule has 1 saturated heterocycles. The molecule has 1 fully saturated rings. The number of unbranched alkanes of at least 4 members (excludes halogenated alkanes) is 1. The molecule has 0 bridgehead atoms. The number of ether oxygens (including phenoxy) is 1. The van der Waals surface area contributed by atoms with Crippen molar-refractivity contribution < 1.29 is 4.74 Å². The minimum absolute atomic E-state index is 0.853. The Morgan fingerprint density at radius 2 is 1.88 bits per heavy atom. The summed E-state index contributed by atoms with van der Waals surface area (Å²) in [5.74, 6) is 0. The van der Waals surface area contributed by atoms with Crippen molar-refractivity contribution in [2.45, 2.75) is 19.8 Å². The lowest BCUT2D eigenvalue weighted by Gasteiger charge is -2.28. The number of hydrogen-bond acceptors (Lipinski definition) is 2. The molecule has 1 aromatic rings. The summed E-state index contributed by atoms with van der Waals surface area (Å²) in [6.07, 6.45) is 4.54. The standard InChI is InChI=1S/C14H20NO/c1-2-3-4-13-5-7-14(8-6-13)15-9-11-16-12-10-15/h3,5-8H,2,4,9-12H2,1H3. The van der Waals surface area contributed by atoms with Gasteiger partial charge < -0.3 is 9.64 Å². The topological polar surface area (TPSA) is 12.5 Å². The first-order valence-electron chi connectivity index (χ1n) is 6.13. The molecule has 1 aliphatic heterocycles. The number of hydrogen-bond donors (Lipinski definition) is 0. The van der Waals surface area contributed by atoms with Gasteiger partial charge in [0, 0.05) is 18.8 Å². The summed E-state index contributed by atoms with van der Waals surface area (Å²) in [5.41, 5.74) is 2.72. The van der Waals surface area contributed by atoms with E-state index in [1.165, 1.54) is 11.3 Å². The Hall–Kier alpha value is -1.02. The quantitative estimate of drug-likeness (QED) is 0.770. The molecule has 0 saturated carbocycles. The van der Waals surface area contributed by atoms with Gasteiger partial charge in [0.2, 0.25) is 0 Å². The molecule has 87 valence electrons. The van der Waals surface area contributed by atoms with Crippen molar-refractivity contribution in [2.75, 3.05) is 31.2 Å². The van der Waals surface area contributed by atoms with E-state index >= 15 is 0 Å². The fourth-order valence-electron chi connectivity index (χ4n) is 1.98. The molecule has 1 heterocycles. The Labute approximate surface area is 98.2 Å². The maximum Gasteiger partial charge on any atom is 0.0642 e. The normalized spacial score (nSPS) is 16.4. The lowest BCUT2D eigenvalue weighted by molar-refractivity contribution is 0.122. The van der Waals surface area contributed by atoms with E-state index in [0.717, 1.165) is 39.1 Å². The minimum atomic E-state index is 0.853. The maximum absolute atomic E-state index is 5.35. The Morgan fingerprint density at radius 1 is 1.19 bits per heavy atom. The van der Waals surface area contributed by atoms with Gasteiger partial charge in [-0.05, 0) is 30.5 Å². The van der Waals surface area contributed by atoms with E-state index in [4.69, 9.17) is 4.74 Å². The van der Waals surface area contributed by atoms with Crippen molar-refractivity contribution in [3.05, 3.63) is 36.2 Å². The van der Waals surface area contributed by atoms with E-state index in [1.807, 2.05) is 0 Å². The van der Waals surface area contributed by atoms with E-state index in [1.54, 1.807) is 0 Å². The molecule has 0 aromatic heterocycles. The highest BCUT2D eigenvalue weighted by Gasteiger charge is 2.10. The van der Waals surface area contributed by atoms with E-state index < -0.39 is 0 Å². The molecule has 2 rings (SSSR count). The second-order valence-corrected chi connectivity index (χ2v) is 4.17. The predicted octanol–water partition coefficient (Wildman–Crippen LogP) is 2.68. The van der Waals surface area contributed by atoms with Crippen LogP contribution in [0.3, 0.4) is 0 Å². The zero-order valence-electron chi connectivity index (χ0n) is 9.98. The molecular weight excluding hydrogens is 198 g/mol. The third kappa shape index (κ3) is 2.99. The molecule has 0 spiro atoms. The van der Waals surface area contributed by atoms with Gasteiger partial charge in [-0.15, -0.1) is 0 Å². The lowest BCUT2D eigenvalue weighted by Crippen LogP contribution is -2.36. The molecule has 1 aliphatic rings. The van der Waals surface area contributed by atoms with Gasteiger partial charge in [0.15, 0.2) is 0 Å². The summed E-state index contributed by atoms with van der Waals surface area (Å²) < 4.78 is 5.35. The molecule has 0 aliphatic carbocycles. The van der Waals surface area contributed by atoms with Gasteiger partial charge in [0.1, 0.15) is 0 Å². The van der Waals surface area contributed by atoms with Crippen LogP contribution in [-0.4, -0.2) is 26.3 Å². The summed E-state index contributed by atoms with van der Waals surface area (Å²) in [6, 6.07) is 8.92. The summed E-state index contributed by atoms with van der Waals surface area (Å²) in [5, 5.41) is 0. The van der Waals surface area contributed by atoms with E-state index in [2.05, 4.69) is 42.5 Å². The smallest absolute Gasteiger partial charge is 0.0642 e. The zero-order valence-corrected chi connectivity index (χ0v) is 9.98. The highest BCUT2D eigenvalue weighted by atomic mass is 16.5. The largest absolute Gasteiger partial charge is 0.378 e. The van der Waals surface area contributed by atoms with Crippen LogP contribution in [0.15, 0.2) is 24.3 Å². The summed E-state index contributed by atoms with van der Waals surface area (Å²) in [4.78, 5) is 2.39. The van der Waals surface area contributed by atoms with Crippen molar-refractivity contribution in [3.63, 3.8) is 0 Å². The summed E-state index contributed by atoms with van der Waals surface area (Å²) in [7, 11) is 0. The molecule has 0 N–H and O–H groups in total. The Balaban J connectivity index is 1.95. The Bertz CT molecular complexity index is 301. The lowest BCUT2D eigenvalue weighted by atomic mass is 10.1. The van der Waals surface area contributed by atoms with Crippen LogP contribution >= 0.6 is 0 Å². The van der Waals surface area contributed by atoms with E-state index in [0.29, 0.717) is 0 Å². The molecule has 0 atom stereocenters. The van der Waals surface area contributed by atoms with Gasteiger partial charge in [-0.1, -0.05) is 25.5 Å². The number of nitrogens with zero attached hydrogens (tertiary/aromatic N) is 1. The second kappa shape index (κ2) is 5.90. The fraction of sp³-hybridized carbons (Fsp3) is 0.500. The van der Waals surface area contributed by atoms with Gasteiger partial charge in [0.25, 0.3) is 0 Å². The van der Waals surface area contributed by atoms with Crippen molar-refractivity contribution in [1.82, 2.24) is 0 Å². The summed E-state index contributed by atoms with van der Waals surface area (Å²) >= 11 is 0. The van der Waals surface area contributed by atoms with Crippen LogP contribution in [0.25, 0.3) is 0 Å². The highest BCUT2D eigenvalue weighted by molar-refractivity contribution is 5.48. The molecule has 1 radical (unpaired) electrons. The van der Waals surface area contributed by atoms with Crippen LogP contribution in [0.5, 0.6) is 0 Å². The molecule has 2 nitrogen and oxygen atoms in total. The zero-order chi connectivity index (χ0) is 11.2. The minimum Gasteiger partial charge on any atom is -0.378 e. The fourth-order valence-corrected chi connectivity index (χ4v) is 1.98. The molecular formula is C14H20NO. The Kier molecular flexibility index (Phi) is 4.23. The van der Waals surface area contributed by atoms with Crippen LogP contribution in [0, 0.1) is 6.42 Å². The summed E-state index contributed by atoms with van der Waals surface area (Å²) in [6.45, 7) is 5.92. The molecule has 0 amide bonds. The number of rotatable bonds is 4.